The Morgan fingerprint density at radius 1 is 1.32 bits per heavy atom. The molecule has 2 N–H and O–H groups in total. The molecule has 0 aliphatic rings. The molecule has 0 saturated heterocycles. The van der Waals surface area contributed by atoms with E-state index in [1.807, 2.05) is 19.1 Å². The molecule has 5 nitrogen and oxygen atoms in total. The number of nitrogens with one attached hydrogen (secondary N) is 2. The Morgan fingerprint density at radius 3 is 2.50 bits per heavy atom. The Morgan fingerprint density at radius 2 is 1.91 bits per heavy atom. The Balaban J connectivity index is 0.00000106. The van der Waals surface area contributed by atoms with Gasteiger partial charge < -0.3 is 27.2 Å². The normalized spacial score (nSPS) is 9.64. The molecule has 0 spiro atoms. The van der Waals surface area contributed by atoms with E-state index in [9.17, 15) is 4.79 Å². The first-order valence-corrected chi connectivity index (χ1v) is 6.27. The zero-order chi connectivity index (χ0) is 15.0. The van der Waals surface area contributed by atoms with Gasteiger partial charge in [0, 0.05) is 49.6 Å². The van der Waals surface area contributed by atoms with Crippen LogP contribution in [0.2, 0.25) is 0 Å². The molecule has 2 heterocycles. The van der Waals surface area contributed by atoms with Crippen molar-refractivity contribution in [2.45, 2.75) is 13.8 Å². The maximum Gasteiger partial charge on any atom is 1.00 e. The third-order valence-corrected chi connectivity index (χ3v) is 3.34. The Hall–Kier alpha value is 0.479. The van der Waals surface area contributed by atoms with E-state index in [-0.39, 0.29) is 102 Å². The summed E-state index contributed by atoms with van der Waals surface area (Å²) in [7, 11) is 1.74. The van der Waals surface area contributed by atoms with Gasteiger partial charge in [-0.15, -0.1) is 11.5 Å². The minimum absolute atomic E-state index is 0. The summed E-state index contributed by atoms with van der Waals surface area (Å²) in [6.07, 6.45) is 0. The molecule has 7 heteroatoms. The van der Waals surface area contributed by atoms with Crippen LogP contribution in [0.25, 0.3) is 27.5 Å². The second kappa shape index (κ2) is 9.09. The van der Waals surface area contributed by atoms with Gasteiger partial charge in [-0.05, 0) is 12.6 Å². The average Bonchev–Trinajstić information content (AvgIpc) is 2.73. The van der Waals surface area contributed by atoms with Crippen LogP contribution in [0, 0.1) is 20.8 Å². The molecule has 3 aromatic rings. The van der Waals surface area contributed by atoms with Crippen molar-refractivity contribution in [3.63, 3.8) is 0 Å². The molecule has 0 saturated carbocycles. The predicted octanol–water partition coefficient (Wildman–Crippen LogP) is 0.431. The van der Waals surface area contributed by atoms with Crippen LogP contribution in [-0.4, -0.2) is 14.5 Å². The van der Waals surface area contributed by atoms with Crippen LogP contribution in [-0.2, 0) is 39.8 Å². The predicted molar refractivity (Wildman–Crippen MR) is 83.0 cm³/mol. The molecule has 22 heavy (non-hydrogen) atoms. The summed E-state index contributed by atoms with van der Waals surface area (Å²) >= 11 is 0. The van der Waals surface area contributed by atoms with Crippen molar-refractivity contribution in [2.24, 2.45) is 7.05 Å². The van der Waals surface area contributed by atoms with Crippen molar-refractivity contribution in [1.82, 2.24) is 14.5 Å². The van der Waals surface area contributed by atoms with Gasteiger partial charge in [0.05, 0.1) is 0 Å². The Bertz CT molecular complexity index is 854. The second-order valence-electron chi connectivity index (χ2n) is 4.41. The SMILES string of the molecule is [CH2-]C.[CH2-]c1c(C)[nH]c(=O)c2c1ccc1nc([NH-])n(C)c12.[Rb+].[Y]. The minimum atomic E-state index is -0.163. The number of pyridine rings is 1. The van der Waals surface area contributed by atoms with Crippen molar-refractivity contribution in [3.05, 3.63) is 53.3 Å². The molecular weight excluding hydrogens is 427 g/mol. The summed E-state index contributed by atoms with van der Waals surface area (Å²) in [6.45, 7) is 10.8. The van der Waals surface area contributed by atoms with E-state index in [1.54, 1.807) is 18.5 Å². The summed E-state index contributed by atoms with van der Waals surface area (Å²) in [6, 6.07) is 3.66. The molecule has 2 aromatic heterocycles. The number of rotatable bonds is 0. The molecule has 0 unspecified atom stereocenters. The first-order valence-electron chi connectivity index (χ1n) is 6.27. The van der Waals surface area contributed by atoms with Gasteiger partial charge in [-0.3, -0.25) is 4.79 Å². The van der Waals surface area contributed by atoms with Gasteiger partial charge in [0.25, 0.3) is 0 Å². The molecule has 0 amide bonds. The summed E-state index contributed by atoms with van der Waals surface area (Å²) in [5.41, 5.74) is 10.5. The number of hydrogen-bond acceptors (Lipinski definition) is 2. The van der Waals surface area contributed by atoms with Gasteiger partial charge in [-0.25, -0.2) is 0 Å². The molecule has 0 fully saturated rings. The molecule has 109 valence electrons. The van der Waals surface area contributed by atoms with Crippen molar-refractivity contribution < 1.29 is 90.9 Å². The van der Waals surface area contributed by atoms with Crippen molar-refractivity contribution >= 4 is 27.8 Å². The average molecular weight is 444 g/mol. The number of benzene rings is 1. The zero-order valence-corrected chi connectivity index (χ0v) is 21.2. The summed E-state index contributed by atoms with van der Waals surface area (Å²) in [4.78, 5) is 19.0. The van der Waals surface area contributed by atoms with Gasteiger partial charge >= 0.3 is 58.2 Å². The smallest absolute Gasteiger partial charge is 0.411 e. The second-order valence-corrected chi connectivity index (χ2v) is 4.41. The number of aromatic nitrogens is 3. The number of H-pyrrole nitrogens is 1. The van der Waals surface area contributed by atoms with Gasteiger partial charge in [0.1, 0.15) is 0 Å². The number of aromatic amines is 1. The van der Waals surface area contributed by atoms with E-state index in [1.165, 1.54) is 0 Å². The number of aryl methyl sites for hydroxylation is 2. The standard InChI is InChI=1S/C13H13N4O.C2H5.Rb.Y/c1-6-7(2)15-12(18)10-8(6)4-5-9-11(10)17(3)13(14)16-9;1-2;;/h4-5H,1H2,2-3H3,(H3,14,15,16,18);1H2,2H3;;/q2*-1;+1;/p-1. The number of fused-ring (bicyclic) bond motifs is 3. The first kappa shape index (κ1) is 22.5. The van der Waals surface area contributed by atoms with Crippen molar-refractivity contribution in [1.29, 1.82) is 0 Å². The summed E-state index contributed by atoms with van der Waals surface area (Å²) in [5, 5.41) is 1.36. The minimum Gasteiger partial charge on any atom is -0.411 e. The van der Waals surface area contributed by atoms with Crippen LogP contribution >= 0.6 is 0 Å². The van der Waals surface area contributed by atoms with Crippen LogP contribution in [0.3, 0.4) is 0 Å². The maximum absolute atomic E-state index is 12.1. The molecule has 1 radical (unpaired) electrons. The van der Waals surface area contributed by atoms with Crippen LogP contribution in [0.1, 0.15) is 18.2 Å². The van der Waals surface area contributed by atoms with E-state index in [4.69, 9.17) is 5.73 Å². The van der Waals surface area contributed by atoms with E-state index in [0.29, 0.717) is 16.4 Å². The summed E-state index contributed by atoms with van der Waals surface area (Å²) in [5.74, 6) is 0.142. The maximum atomic E-state index is 12.1. The summed E-state index contributed by atoms with van der Waals surface area (Å²) < 4.78 is 1.61. The van der Waals surface area contributed by atoms with Crippen LogP contribution in [0.15, 0.2) is 16.9 Å². The molecule has 0 atom stereocenters. The van der Waals surface area contributed by atoms with Crippen molar-refractivity contribution in [2.75, 3.05) is 0 Å². The molecule has 1 aromatic carbocycles. The Labute approximate surface area is 204 Å². The Kier molecular flexibility index (Phi) is 9.29. The quantitative estimate of drug-likeness (QED) is 0.512. The fourth-order valence-electron chi connectivity index (χ4n) is 2.30. The van der Waals surface area contributed by atoms with E-state index < -0.39 is 0 Å². The molecule has 0 aliphatic heterocycles. The topological polar surface area (TPSA) is 74.5 Å². The third kappa shape index (κ3) is 3.76. The fourth-order valence-corrected chi connectivity index (χ4v) is 2.30. The van der Waals surface area contributed by atoms with Crippen LogP contribution in [0.4, 0.5) is 5.95 Å². The number of imidazole rings is 1. The van der Waals surface area contributed by atoms with Gasteiger partial charge in [-0.2, -0.15) is 19.4 Å². The number of hydrogen-bond donors (Lipinski definition) is 1. The van der Waals surface area contributed by atoms with Crippen LogP contribution in [0.5, 0.6) is 0 Å². The molecule has 0 bridgehead atoms. The van der Waals surface area contributed by atoms with Gasteiger partial charge in [0.2, 0.25) is 5.56 Å². The monoisotopic (exact) mass is 443 g/mol. The fraction of sp³-hybridized carbons (Fsp3) is 0.200. The van der Waals surface area contributed by atoms with E-state index in [2.05, 4.69) is 23.8 Å². The molecular formula is C15H17N4ORbY-2. The third-order valence-electron chi connectivity index (χ3n) is 3.34. The van der Waals surface area contributed by atoms with Crippen LogP contribution < -0.4 is 63.7 Å². The van der Waals surface area contributed by atoms with Gasteiger partial charge in [-0.1, -0.05) is 18.7 Å². The van der Waals surface area contributed by atoms with E-state index in [0.717, 1.165) is 16.6 Å². The largest absolute Gasteiger partial charge is 1.00 e. The van der Waals surface area contributed by atoms with Crippen molar-refractivity contribution in [3.8, 4) is 0 Å². The van der Waals surface area contributed by atoms with E-state index >= 15 is 0 Å². The molecule has 3 rings (SSSR count). The molecule has 0 aliphatic carbocycles. The number of nitrogens with zero attached hydrogens (tertiary/aromatic N) is 2. The first-order chi connectivity index (χ1) is 9.50. The zero-order valence-electron chi connectivity index (χ0n) is 13.4. The van der Waals surface area contributed by atoms with Gasteiger partial charge in [0.15, 0.2) is 0 Å².